The Morgan fingerprint density at radius 3 is 2.65 bits per heavy atom. The Balaban J connectivity index is 2.76. The molecular weight excluding hydrogens is 250 g/mol. The van der Waals surface area contributed by atoms with Crippen molar-refractivity contribution in [2.75, 3.05) is 13.7 Å². The number of nitrogens with zero attached hydrogens (tertiary/aromatic N) is 2. The molecule has 116 valence electrons. The second-order valence-corrected chi connectivity index (χ2v) is 6.06. The van der Waals surface area contributed by atoms with Gasteiger partial charge in [0.2, 0.25) is 0 Å². The van der Waals surface area contributed by atoms with E-state index in [1.165, 1.54) is 0 Å². The van der Waals surface area contributed by atoms with Gasteiger partial charge in [-0.1, -0.05) is 13.8 Å². The van der Waals surface area contributed by atoms with Crippen LogP contribution in [-0.4, -0.2) is 35.1 Å². The van der Waals surface area contributed by atoms with Crippen LogP contribution in [0.1, 0.15) is 59.2 Å². The van der Waals surface area contributed by atoms with E-state index in [-0.39, 0.29) is 11.6 Å². The molecule has 0 amide bonds. The van der Waals surface area contributed by atoms with E-state index < -0.39 is 0 Å². The Morgan fingerprint density at radius 1 is 1.40 bits per heavy atom. The van der Waals surface area contributed by atoms with Gasteiger partial charge in [-0.05, 0) is 46.2 Å². The third kappa shape index (κ3) is 4.60. The molecule has 0 aliphatic rings. The maximum Gasteiger partial charge on any atom is 0.0778 e. The van der Waals surface area contributed by atoms with Crippen LogP contribution in [0.4, 0.5) is 0 Å². The van der Waals surface area contributed by atoms with Crippen molar-refractivity contribution in [3.8, 4) is 0 Å². The quantitative estimate of drug-likeness (QED) is 0.755. The lowest BCUT2D eigenvalue weighted by Gasteiger charge is -2.33. The van der Waals surface area contributed by atoms with Crippen LogP contribution in [0, 0.1) is 0 Å². The maximum atomic E-state index is 5.65. The molecule has 0 aliphatic carbocycles. The van der Waals surface area contributed by atoms with E-state index in [0.29, 0.717) is 6.04 Å². The zero-order valence-electron chi connectivity index (χ0n) is 13.9. The number of aromatic nitrogens is 2. The average Bonchev–Trinajstić information content (AvgIpc) is 2.90. The van der Waals surface area contributed by atoms with Crippen molar-refractivity contribution >= 4 is 0 Å². The standard InChI is InChI=1S/C16H31N3O/c1-7-10-17-15(16(4,5)20-6)12-14-9-11-19(18-14)13(3)8-2/h9,11,13,15,17H,7-8,10,12H2,1-6H3. The number of hydrogen-bond donors (Lipinski definition) is 1. The fourth-order valence-electron chi connectivity index (χ4n) is 2.15. The van der Waals surface area contributed by atoms with E-state index in [1.807, 2.05) is 0 Å². The van der Waals surface area contributed by atoms with Crippen molar-refractivity contribution in [2.24, 2.45) is 0 Å². The SMILES string of the molecule is CCCNC(Cc1ccn(C(C)CC)n1)C(C)(C)OC. The molecule has 0 bridgehead atoms. The number of nitrogens with one attached hydrogen (secondary N) is 1. The zero-order valence-corrected chi connectivity index (χ0v) is 13.9. The fraction of sp³-hybridized carbons (Fsp3) is 0.812. The van der Waals surface area contributed by atoms with E-state index in [9.17, 15) is 0 Å². The first-order chi connectivity index (χ1) is 9.44. The third-order valence-corrected chi connectivity index (χ3v) is 4.13. The van der Waals surface area contributed by atoms with E-state index in [2.05, 4.69) is 56.9 Å². The van der Waals surface area contributed by atoms with Crippen LogP contribution in [0.15, 0.2) is 12.3 Å². The third-order valence-electron chi connectivity index (χ3n) is 4.13. The molecule has 4 nitrogen and oxygen atoms in total. The first-order valence-electron chi connectivity index (χ1n) is 7.77. The van der Waals surface area contributed by atoms with Gasteiger partial charge in [-0.3, -0.25) is 4.68 Å². The van der Waals surface area contributed by atoms with Gasteiger partial charge < -0.3 is 10.1 Å². The fourth-order valence-corrected chi connectivity index (χ4v) is 2.15. The van der Waals surface area contributed by atoms with Crippen LogP contribution in [0.5, 0.6) is 0 Å². The highest BCUT2D eigenvalue weighted by Crippen LogP contribution is 2.18. The minimum Gasteiger partial charge on any atom is -0.377 e. The monoisotopic (exact) mass is 281 g/mol. The molecule has 1 heterocycles. The molecule has 0 radical (unpaired) electrons. The molecule has 0 aliphatic heterocycles. The Kier molecular flexibility index (Phi) is 6.69. The van der Waals surface area contributed by atoms with Crippen LogP contribution in [-0.2, 0) is 11.2 Å². The molecule has 1 aromatic rings. The summed E-state index contributed by atoms with van der Waals surface area (Å²) in [6.45, 7) is 11.8. The molecule has 1 aromatic heterocycles. The smallest absolute Gasteiger partial charge is 0.0778 e. The summed E-state index contributed by atoms with van der Waals surface area (Å²) in [5.41, 5.74) is 0.930. The Hall–Kier alpha value is -0.870. The van der Waals surface area contributed by atoms with Crippen LogP contribution in [0.3, 0.4) is 0 Å². The molecule has 1 rings (SSSR count). The Bertz CT molecular complexity index is 387. The Morgan fingerprint density at radius 2 is 2.10 bits per heavy atom. The Labute approximate surface area is 123 Å². The molecule has 0 aromatic carbocycles. The van der Waals surface area contributed by atoms with Gasteiger partial charge in [0.25, 0.3) is 0 Å². The van der Waals surface area contributed by atoms with Crippen molar-refractivity contribution in [1.82, 2.24) is 15.1 Å². The second kappa shape index (κ2) is 7.79. The molecule has 2 atom stereocenters. The zero-order chi connectivity index (χ0) is 15.2. The van der Waals surface area contributed by atoms with E-state index >= 15 is 0 Å². The molecule has 1 N–H and O–H groups in total. The summed E-state index contributed by atoms with van der Waals surface area (Å²) < 4.78 is 7.71. The van der Waals surface area contributed by atoms with E-state index in [1.54, 1.807) is 7.11 Å². The van der Waals surface area contributed by atoms with Gasteiger partial charge in [-0.2, -0.15) is 5.10 Å². The van der Waals surface area contributed by atoms with Gasteiger partial charge in [-0.15, -0.1) is 0 Å². The van der Waals surface area contributed by atoms with Crippen molar-refractivity contribution < 1.29 is 4.74 Å². The summed E-state index contributed by atoms with van der Waals surface area (Å²) in [5.74, 6) is 0. The van der Waals surface area contributed by atoms with Gasteiger partial charge in [-0.25, -0.2) is 0 Å². The number of methoxy groups -OCH3 is 1. The van der Waals surface area contributed by atoms with Gasteiger partial charge in [0.05, 0.1) is 11.3 Å². The van der Waals surface area contributed by atoms with E-state index in [0.717, 1.165) is 31.5 Å². The van der Waals surface area contributed by atoms with Crippen molar-refractivity contribution in [3.63, 3.8) is 0 Å². The van der Waals surface area contributed by atoms with Gasteiger partial charge in [0.1, 0.15) is 0 Å². The van der Waals surface area contributed by atoms with Crippen molar-refractivity contribution in [1.29, 1.82) is 0 Å². The summed E-state index contributed by atoms with van der Waals surface area (Å²) in [7, 11) is 1.78. The molecular formula is C16H31N3O. The minimum atomic E-state index is -0.199. The molecule has 2 unspecified atom stereocenters. The molecule has 20 heavy (non-hydrogen) atoms. The largest absolute Gasteiger partial charge is 0.377 e. The molecule has 0 saturated carbocycles. The highest BCUT2D eigenvalue weighted by atomic mass is 16.5. The highest BCUT2D eigenvalue weighted by Gasteiger charge is 2.29. The van der Waals surface area contributed by atoms with E-state index in [4.69, 9.17) is 9.84 Å². The summed E-state index contributed by atoms with van der Waals surface area (Å²) in [5, 5.41) is 8.29. The number of rotatable bonds is 9. The molecule has 0 spiro atoms. The minimum absolute atomic E-state index is 0.199. The summed E-state index contributed by atoms with van der Waals surface area (Å²) in [6.07, 6.45) is 5.20. The lowest BCUT2D eigenvalue weighted by atomic mass is 9.94. The summed E-state index contributed by atoms with van der Waals surface area (Å²) in [6, 6.07) is 2.85. The molecule has 4 heteroatoms. The van der Waals surface area contributed by atoms with Crippen LogP contribution in [0.25, 0.3) is 0 Å². The number of hydrogen-bond acceptors (Lipinski definition) is 3. The van der Waals surface area contributed by atoms with Crippen molar-refractivity contribution in [3.05, 3.63) is 18.0 Å². The van der Waals surface area contributed by atoms with Crippen LogP contribution >= 0.6 is 0 Å². The van der Waals surface area contributed by atoms with Crippen LogP contribution in [0.2, 0.25) is 0 Å². The molecule has 0 saturated heterocycles. The highest BCUT2D eigenvalue weighted by molar-refractivity contribution is 5.05. The lowest BCUT2D eigenvalue weighted by molar-refractivity contribution is -0.0103. The number of ether oxygens (including phenoxy) is 1. The topological polar surface area (TPSA) is 39.1 Å². The van der Waals surface area contributed by atoms with Gasteiger partial charge >= 0.3 is 0 Å². The normalized spacial score (nSPS) is 15.3. The van der Waals surface area contributed by atoms with Gasteiger partial charge in [0, 0.05) is 31.8 Å². The maximum absolute atomic E-state index is 5.65. The molecule has 0 fully saturated rings. The predicted molar refractivity (Wildman–Crippen MR) is 84.1 cm³/mol. The second-order valence-electron chi connectivity index (χ2n) is 6.06. The first kappa shape index (κ1) is 17.2. The first-order valence-corrected chi connectivity index (χ1v) is 7.77. The van der Waals surface area contributed by atoms with Crippen LogP contribution < -0.4 is 5.32 Å². The van der Waals surface area contributed by atoms with Crippen molar-refractivity contribution in [2.45, 2.75) is 71.6 Å². The summed E-state index contributed by atoms with van der Waals surface area (Å²) in [4.78, 5) is 0. The predicted octanol–water partition coefficient (Wildman–Crippen LogP) is 3.19. The van der Waals surface area contributed by atoms with Gasteiger partial charge in [0.15, 0.2) is 0 Å². The lowest BCUT2D eigenvalue weighted by Crippen LogP contribution is -2.49. The average molecular weight is 281 g/mol. The summed E-state index contributed by atoms with van der Waals surface area (Å²) >= 11 is 0.